The Morgan fingerprint density at radius 2 is 1.89 bits per heavy atom. The fourth-order valence-electron chi connectivity index (χ4n) is 3.66. The van der Waals surface area contributed by atoms with Gasteiger partial charge in [0.25, 0.3) is 0 Å². The lowest BCUT2D eigenvalue weighted by Crippen LogP contribution is -2.48. The molecule has 2 aromatic carbocycles. The average molecular weight is 496 g/mol. The van der Waals surface area contributed by atoms with E-state index < -0.39 is 0 Å². The highest BCUT2D eigenvalue weighted by atomic mass is 127. The highest BCUT2D eigenvalue weighted by Gasteiger charge is 2.19. The third-order valence-corrected chi connectivity index (χ3v) is 5.25. The average Bonchev–Trinajstić information content (AvgIpc) is 2.72. The summed E-state index contributed by atoms with van der Waals surface area (Å²) in [6.07, 6.45) is 3.43. The lowest BCUT2D eigenvalue weighted by molar-refractivity contribution is 0.155. The summed E-state index contributed by atoms with van der Waals surface area (Å²) in [5.41, 5.74) is 1.27. The first-order chi connectivity index (χ1) is 13.3. The van der Waals surface area contributed by atoms with Gasteiger partial charge in [0.15, 0.2) is 5.96 Å². The molecule has 1 fully saturated rings. The van der Waals surface area contributed by atoms with Gasteiger partial charge < -0.3 is 20.3 Å². The second-order valence-corrected chi connectivity index (χ2v) is 7.21. The van der Waals surface area contributed by atoms with Crippen molar-refractivity contribution < 1.29 is 4.74 Å². The topological polar surface area (TPSA) is 48.9 Å². The number of hydrogen-bond donors (Lipinski definition) is 2. The van der Waals surface area contributed by atoms with Crippen LogP contribution in [-0.4, -0.2) is 57.3 Å². The Morgan fingerprint density at radius 1 is 1.14 bits per heavy atom. The number of ether oxygens (including phenoxy) is 1. The molecule has 3 rings (SSSR count). The van der Waals surface area contributed by atoms with Crippen LogP contribution in [0.4, 0.5) is 0 Å². The van der Waals surface area contributed by atoms with Gasteiger partial charge in [-0.05, 0) is 41.7 Å². The number of nitrogens with one attached hydrogen (secondary N) is 2. The van der Waals surface area contributed by atoms with Crippen molar-refractivity contribution in [1.29, 1.82) is 0 Å². The zero-order chi connectivity index (χ0) is 18.9. The van der Waals surface area contributed by atoms with Gasteiger partial charge in [-0.1, -0.05) is 36.4 Å². The van der Waals surface area contributed by atoms with E-state index in [1.54, 1.807) is 7.11 Å². The third-order valence-electron chi connectivity index (χ3n) is 5.25. The summed E-state index contributed by atoms with van der Waals surface area (Å²) >= 11 is 0. The van der Waals surface area contributed by atoms with Gasteiger partial charge in [-0.15, -0.1) is 24.0 Å². The highest BCUT2D eigenvalue weighted by Crippen LogP contribution is 2.15. The van der Waals surface area contributed by atoms with Crippen molar-refractivity contribution >= 4 is 40.7 Å². The summed E-state index contributed by atoms with van der Waals surface area (Å²) in [4.78, 5) is 6.93. The van der Waals surface area contributed by atoms with Crippen LogP contribution in [0, 0.1) is 0 Å². The summed E-state index contributed by atoms with van der Waals surface area (Å²) in [5, 5.41) is 9.60. The number of guanidine groups is 1. The van der Waals surface area contributed by atoms with Crippen molar-refractivity contribution in [2.45, 2.75) is 31.8 Å². The standard InChI is InChI=1S/C22H32N4O.HI/c1-23-22(25-21-10-13-26(14-11-21)12-5-15-27-2)24-17-18-8-9-19-6-3-4-7-20(19)16-18;/h3-4,6-9,16,21H,5,10-15,17H2,1-2H3,(H2,23,24,25);1H. The maximum atomic E-state index is 5.15. The molecule has 5 nitrogen and oxygen atoms in total. The molecular formula is C22H33IN4O. The Morgan fingerprint density at radius 3 is 2.61 bits per heavy atom. The van der Waals surface area contributed by atoms with Gasteiger partial charge in [-0.2, -0.15) is 0 Å². The molecule has 0 unspecified atom stereocenters. The van der Waals surface area contributed by atoms with E-state index in [2.05, 4.69) is 63.0 Å². The molecule has 1 saturated heterocycles. The maximum absolute atomic E-state index is 5.15. The van der Waals surface area contributed by atoms with Crippen LogP contribution in [0.2, 0.25) is 0 Å². The molecule has 1 aliphatic rings. The van der Waals surface area contributed by atoms with E-state index in [4.69, 9.17) is 4.74 Å². The Hall–Kier alpha value is -1.38. The number of fused-ring (bicyclic) bond motifs is 1. The minimum absolute atomic E-state index is 0. The molecule has 0 atom stereocenters. The number of nitrogens with zero attached hydrogens (tertiary/aromatic N) is 2. The van der Waals surface area contributed by atoms with E-state index in [0.717, 1.165) is 58.0 Å². The van der Waals surface area contributed by atoms with E-state index in [1.165, 1.54) is 16.3 Å². The van der Waals surface area contributed by atoms with Gasteiger partial charge in [0.1, 0.15) is 0 Å². The molecule has 154 valence electrons. The van der Waals surface area contributed by atoms with Crippen LogP contribution in [0.5, 0.6) is 0 Å². The Bertz CT molecular complexity index is 744. The summed E-state index contributed by atoms with van der Waals surface area (Å²) in [5.74, 6) is 0.890. The van der Waals surface area contributed by atoms with Gasteiger partial charge in [0.2, 0.25) is 0 Å². The van der Waals surface area contributed by atoms with Crippen molar-refractivity contribution in [1.82, 2.24) is 15.5 Å². The molecule has 0 radical (unpaired) electrons. The smallest absolute Gasteiger partial charge is 0.191 e. The molecule has 6 heteroatoms. The second kappa shape index (κ2) is 12.2. The number of aliphatic imine (C=N–C) groups is 1. The SMILES string of the molecule is CN=C(NCc1ccc2ccccc2c1)NC1CCN(CCCOC)CC1.I. The largest absolute Gasteiger partial charge is 0.385 e. The van der Waals surface area contributed by atoms with Gasteiger partial charge in [-0.25, -0.2) is 0 Å². The number of piperidine rings is 1. The second-order valence-electron chi connectivity index (χ2n) is 7.21. The zero-order valence-electron chi connectivity index (χ0n) is 17.0. The number of methoxy groups -OCH3 is 1. The molecule has 0 spiro atoms. The van der Waals surface area contributed by atoms with Crippen LogP contribution in [-0.2, 0) is 11.3 Å². The molecule has 1 heterocycles. The molecule has 2 aromatic rings. The van der Waals surface area contributed by atoms with Gasteiger partial charge >= 0.3 is 0 Å². The molecule has 2 N–H and O–H groups in total. The first kappa shape index (κ1) is 22.9. The van der Waals surface area contributed by atoms with E-state index >= 15 is 0 Å². The van der Waals surface area contributed by atoms with E-state index in [9.17, 15) is 0 Å². The van der Waals surface area contributed by atoms with E-state index in [-0.39, 0.29) is 24.0 Å². The first-order valence-electron chi connectivity index (χ1n) is 9.94. The van der Waals surface area contributed by atoms with Crippen molar-refractivity contribution in [2.24, 2.45) is 4.99 Å². The predicted octanol–water partition coefficient (Wildman–Crippen LogP) is 3.62. The number of likely N-dealkylation sites (tertiary alicyclic amines) is 1. The zero-order valence-corrected chi connectivity index (χ0v) is 19.3. The summed E-state index contributed by atoms with van der Waals surface area (Å²) in [6.45, 7) is 5.05. The van der Waals surface area contributed by atoms with Crippen LogP contribution in [0.25, 0.3) is 10.8 Å². The molecule has 0 bridgehead atoms. The fourth-order valence-corrected chi connectivity index (χ4v) is 3.66. The quantitative estimate of drug-likeness (QED) is 0.266. The minimum Gasteiger partial charge on any atom is -0.385 e. The van der Waals surface area contributed by atoms with Gasteiger partial charge in [-0.3, -0.25) is 4.99 Å². The normalized spacial score (nSPS) is 16.0. The molecule has 28 heavy (non-hydrogen) atoms. The van der Waals surface area contributed by atoms with Crippen molar-refractivity contribution in [2.75, 3.05) is 40.4 Å². The molecule has 0 amide bonds. The number of halogens is 1. The van der Waals surface area contributed by atoms with Gasteiger partial charge in [0, 0.05) is 53.0 Å². The van der Waals surface area contributed by atoms with Crippen LogP contribution in [0.3, 0.4) is 0 Å². The van der Waals surface area contributed by atoms with Crippen LogP contribution in [0.15, 0.2) is 47.5 Å². The fraction of sp³-hybridized carbons (Fsp3) is 0.500. The third kappa shape index (κ3) is 6.90. The van der Waals surface area contributed by atoms with Crippen LogP contribution in [0.1, 0.15) is 24.8 Å². The number of rotatable bonds is 7. The minimum atomic E-state index is 0. The molecule has 0 aromatic heterocycles. The Kier molecular flexibility index (Phi) is 10.0. The summed E-state index contributed by atoms with van der Waals surface area (Å²) in [7, 11) is 3.61. The number of benzene rings is 2. The molecular weight excluding hydrogens is 463 g/mol. The first-order valence-corrected chi connectivity index (χ1v) is 9.94. The molecule has 0 saturated carbocycles. The van der Waals surface area contributed by atoms with Crippen LogP contribution >= 0.6 is 24.0 Å². The number of hydrogen-bond acceptors (Lipinski definition) is 3. The molecule has 1 aliphatic heterocycles. The van der Waals surface area contributed by atoms with E-state index in [0.29, 0.717) is 6.04 Å². The monoisotopic (exact) mass is 496 g/mol. The maximum Gasteiger partial charge on any atom is 0.191 e. The van der Waals surface area contributed by atoms with E-state index in [1.807, 2.05) is 7.05 Å². The van der Waals surface area contributed by atoms with Gasteiger partial charge in [0.05, 0.1) is 0 Å². The van der Waals surface area contributed by atoms with Crippen molar-refractivity contribution in [3.8, 4) is 0 Å². The molecule has 0 aliphatic carbocycles. The Balaban J connectivity index is 0.00000280. The van der Waals surface area contributed by atoms with Crippen LogP contribution < -0.4 is 10.6 Å². The van der Waals surface area contributed by atoms with Crippen molar-refractivity contribution in [3.63, 3.8) is 0 Å². The summed E-state index contributed by atoms with van der Waals surface area (Å²) in [6, 6.07) is 15.6. The highest BCUT2D eigenvalue weighted by molar-refractivity contribution is 14.0. The predicted molar refractivity (Wildman–Crippen MR) is 129 cm³/mol. The Labute approximate surface area is 185 Å². The lowest BCUT2D eigenvalue weighted by Gasteiger charge is -2.33. The van der Waals surface area contributed by atoms with Crippen molar-refractivity contribution in [3.05, 3.63) is 48.0 Å². The summed E-state index contributed by atoms with van der Waals surface area (Å²) < 4.78 is 5.15. The lowest BCUT2D eigenvalue weighted by atomic mass is 10.1.